The summed E-state index contributed by atoms with van der Waals surface area (Å²) in [6.07, 6.45) is 1.90. The van der Waals surface area contributed by atoms with Crippen molar-refractivity contribution in [3.63, 3.8) is 0 Å². The van der Waals surface area contributed by atoms with Gasteiger partial charge in [0.15, 0.2) is 0 Å². The van der Waals surface area contributed by atoms with Crippen LogP contribution >= 0.6 is 23.2 Å². The number of allylic oxidation sites excluding steroid dienone is 1. The molecule has 5 heteroatoms. The molecule has 3 aromatic rings. The van der Waals surface area contributed by atoms with E-state index < -0.39 is 0 Å². The van der Waals surface area contributed by atoms with E-state index in [1.807, 2.05) is 37.3 Å². The summed E-state index contributed by atoms with van der Waals surface area (Å²) in [5.74, 6) is 0.537. The quantitative estimate of drug-likeness (QED) is 0.734. The Morgan fingerprint density at radius 1 is 1.14 bits per heavy atom. The molecule has 0 bridgehead atoms. The second kappa shape index (κ2) is 5.95. The molecule has 3 nitrogen and oxygen atoms in total. The molecule has 0 amide bonds. The van der Waals surface area contributed by atoms with E-state index in [1.54, 1.807) is 18.2 Å². The van der Waals surface area contributed by atoms with E-state index in [4.69, 9.17) is 23.2 Å². The highest BCUT2D eigenvalue weighted by Gasteiger charge is 2.05. The van der Waals surface area contributed by atoms with Gasteiger partial charge in [-0.3, -0.25) is 4.79 Å². The lowest BCUT2D eigenvalue weighted by atomic mass is 10.1. The van der Waals surface area contributed by atoms with Gasteiger partial charge in [-0.05, 0) is 48.4 Å². The summed E-state index contributed by atoms with van der Waals surface area (Å²) in [6.45, 7) is 1.88. The molecule has 110 valence electrons. The second-order valence-electron chi connectivity index (χ2n) is 4.93. The van der Waals surface area contributed by atoms with Crippen molar-refractivity contribution in [2.45, 2.75) is 6.92 Å². The summed E-state index contributed by atoms with van der Waals surface area (Å²) < 4.78 is 0. The first-order chi connectivity index (χ1) is 10.5. The summed E-state index contributed by atoms with van der Waals surface area (Å²) in [7, 11) is 0. The van der Waals surface area contributed by atoms with E-state index in [0.29, 0.717) is 26.8 Å². The molecule has 0 aliphatic rings. The molecule has 0 radical (unpaired) electrons. The molecule has 3 rings (SSSR count). The Morgan fingerprint density at radius 3 is 2.68 bits per heavy atom. The van der Waals surface area contributed by atoms with Crippen LogP contribution in [0.1, 0.15) is 18.3 Å². The number of nitrogens with zero attached hydrogens (tertiary/aromatic N) is 1. The average molecular weight is 331 g/mol. The molecule has 22 heavy (non-hydrogen) atoms. The zero-order valence-electron chi connectivity index (χ0n) is 11.7. The maximum absolute atomic E-state index is 12.1. The second-order valence-corrected chi connectivity index (χ2v) is 5.75. The smallest absolute Gasteiger partial charge is 0.259 e. The lowest BCUT2D eigenvalue weighted by Crippen LogP contribution is -2.10. The van der Waals surface area contributed by atoms with E-state index in [2.05, 4.69) is 9.97 Å². The van der Waals surface area contributed by atoms with E-state index in [1.165, 1.54) is 0 Å². The lowest BCUT2D eigenvalue weighted by molar-refractivity contribution is 1.12. The van der Waals surface area contributed by atoms with Crippen molar-refractivity contribution in [2.75, 3.05) is 0 Å². The first-order valence-corrected chi connectivity index (χ1v) is 7.43. The van der Waals surface area contributed by atoms with Crippen LogP contribution < -0.4 is 5.56 Å². The van der Waals surface area contributed by atoms with E-state index in [0.717, 1.165) is 11.1 Å². The van der Waals surface area contributed by atoms with Gasteiger partial charge in [0.25, 0.3) is 5.56 Å². The molecule has 0 aliphatic heterocycles. The molecule has 0 aliphatic carbocycles. The molecule has 0 saturated heterocycles. The largest absolute Gasteiger partial charge is 0.306 e. The average Bonchev–Trinajstić information content (AvgIpc) is 2.51. The van der Waals surface area contributed by atoms with Crippen LogP contribution in [0.2, 0.25) is 10.0 Å². The number of benzene rings is 2. The number of rotatable bonds is 2. The van der Waals surface area contributed by atoms with Crippen molar-refractivity contribution < 1.29 is 0 Å². The first kappa shape index (κ1) is 14.8. The molecule has 1 heterocycles. The number of hydrogen-bond donors (Lipinski definition) is 1. The molecule has 1 N–H and O–H groups in total. The summed E-state index contributed by atoms with van der Waals surface area (Å²) in [5, 5.41) is 1.57. The topological polar surface area (TPSA) is 45.8 Å². The van der Waals surface area contributed by atoms with Crippen LogP contribution in [0.25, 0.3) is 22.6 Å². The molecule has 0 unspecified atom stereocenters. The summed E-state index contributed by atoms with van der Waals surface area (Å²) in [6, 6.07) is 12.6. The molecule has 1 aromatic heterocycles. The fourth-order valence-electron chi connectivity index (χ4n) is 2.19. The van der Waals surface area contributed by atoms with Crippen LogP contribution in [0.5, 0.6) is 0 Å². The number of fused-ring (bicyclic) bond motifs is 1. The van der Waals surface area contributed by atoms with Gasteiger partial charge in [-0.2, -0.15) is 0 Å². The fourth-order valence-corrected chi connectivity index (χ4v) is 2.50. The van der Waals surface area contributed by atoms with Crippen molar-refractivity contribution >= 4 is 45.8 Å². The molecule has 2 aromatic carbocycles. The van der Waals surface area contributed by atoms with Crippen molar-refractivity contribution in [1.29, 1.82) is 0 Å². The Kier molecular flexibility index (Phi) is 4.01. The number of para-hydroxylation sites is 1. The van der Waals surface area contributed by atoms with Crippen molar-refractivity contribution in [3.8, 4) is 0 Å². The third-order valence-electron chi connectivity index (χ3n) is 3.31. The highest BCUT2D eigenvalue weighted by molar-refractivity contribution is 6.42. The minimum atomic E-state index is -0.150. The molecule has 0 spiro atoms. The monoisotopic (exact) mass is 330 g/mol. The number of H-pyrrole nitrogens is 1. The Balaban J connectivity index is 2.08. The van der Waals surface area contributed by atoms with Gasteiger partial charge in [0.1, 0.15) is 5.82 Å². The van der Waals surface area contributed by atoms with Gasteiger partial charge >= 0.3 is 0 Å². The predicted molar refractivity (Wildman–Crippen MR) is 92.4 cm³/mol. The molecular weight excluding hydrogens is 319 g/mol. The predicted octanol–water partition coefficient (Wildman–Crippen LogP) is 4.79. The van der Waals surface area contributed by atoms with Gasteiger partial charge in [-0.1, -0.05) is 41.4 Å². The van der Waals surface area contributed by atoms with Crippen LogP contribution in [-0.2, 0) is 0 Å². The molecule has 0 fully saturated rings. The fraction of sp³-hybridized carbons (Fsp3) is 0.0588. The highest BCUT2D eigenvalue weighted by atomic mass is 35.5. The number of halogens is 2. The third kappa shape index (κ3) is 2.91. The normalized spacial score (nSPS) is 11.9. The maximum atomic E-state index is 12.1. The molecule has 0 saturated carbocycles. The van der Waals surface area contributed by atoms with Gasteiger partial charge < -0.3 is 4.98 Å². The van der Waals surface area contributed by atoms with Gasteiger partial charge in [0, 0.05) is 0 Å². The lowest BCUT2D eigenvalue weighted by Gasteiger charge is -2.04. The van der Waals surface area contributed by atoms with Gasteiger partial charge in [-0.15, -0.1) is 0 Å². The van der Waals surface area contributed by atoms with E-state index >= 15 is 0 Å². The van der Waals surface area contributed by atoms with Crippen molar-refractivity contribution in [1.82, 2.24) is 9.97 Å². The van der Waals surface area contributed by atoms with Gasteiger partial charge in [-0.25, -0.2) is 4.98 Å². The Labute approximate surface area is 137 Å². The SMILES string of the molecule is C/C(=C/c1ccc(Cl)c(Cl)c1)c1nc2ccccc2c(=O)[nH]1. The minimum absolute atomic E-state index is 0.150. The first-order valence-electron chi connectivity index (χ1n) is 6.67. The summed E-state index contributed by atoms with van der Waals surface area (Å²) >= 11 is 11.9. The van der Waals surface area contributed by atoms with Crippen LogP contribution in [0.3, 0.4) is 0 Å². The van der Waals surface area contributed by atoms with Crippen molar-refractivity contribution in [2.24, 2.45) is 0 Å². The zero-order chi connectivity index (χ0) is 15.7. The van der Waals surface area contributed by atoms with Crippen LogP contribution in [0.4, 0.5) is 0 Å². The van der Waals surface area contributed by atoms with Crippen molar-refractivity contribution in [3.05, 3.63) is 74.3 Å². The third-order valence-corrected chi connectivity index (χ3v) is 4.05. The van der Waals surface area contributed by atoms with E-state index in [9.17, 15) is 4.79 Å². The van der Waals surface area contributed by atoms with Crippen LogP contribution in [-0.4, -0.2) is 9.97 Å². The zero-order valence-corrected chi connectivity index (χ0v) is 13.2. The highest BCUT2D eigenvalue weighted by Crippen LogP contribution is 2.24. The van der Waals surface area contributed by atoms with Crippen LogP contribution in [0.15, 0.2) is 47.3 Å². The summed E-state index contributed by atoms with van der Waals surface area (Å²) in [5.41, 5.74) is 2.24. The molecular formula is C17H12Cl2N2O. The number of nitrogens with one attached hydrogen (secondary N) is 1. The Morgan fingerprint density at radius 2 is 1.91 bits per heavy atom. The molecule has 0 atom stereocenters. The number of hydrogen-bond acceptors (Lipinski definition) is 2. The van der Waals surface area contributed by atoms with Gasteiger partial charge in [0.2, 0.25) is 0 Å². The Bertz CT molecular complexity index is 945. The minimum Gasteiger partial charge on any atom is -0.306 e. The summed E-state index contributed by atoms with van der Waals surface area (Å²) in [4.78, 5) is 19.4. The van der Waals surface area contributed by atoms with E-state index in [-0.39, 0.29) is 5.56 Å². The number of aromatic nitrogens is 2. The number of aromatic amines is 1. The van der Waals surface area contributed by atoms with Crippen LogP contribution in [0, 0.1) is 0 Å². The Hall–Kier alpha value is -2.10. The van der Waals surface area contributed by atoms with Gasteiger partial charge in [0.05, 0.1) is 20.9 Å². The standard InChI is InChI=1S/C17H12Cl2N2O/c1-10(8-11-6-7-13(18)14(19)9-11)16-20-15-5-3-2-4-12(15)17(22)21-16/h2-9H,1H3,(H,20,21,22)/b10-8-. The maximum Gasteiger partial charge on any atom is 0.259 e.